The Balaban J connectivity index is 1.53. The van der Waals surface area contributed by atoms with Gasteiger partial charge in [0.2, 0.25) is 0 Å². The summed E-state index contributed by atoms with van der Waals surface area (Å²) < 4.78 is 12.1. The minimum Gasteiger partial charge on any atom is -0.486 e. The predicted molar refractivity (Wildman–Crippen MR) is 98.7 cm³/mol. The molecule has 2 aromatic rings. The number of ether oxygens (including phenoxy) is 2. The Morgan fingerprint density at radius 2 is 2.04 bits per heavy atom. The van der Waals surface area contributed by atoms with Gasteiger partial charge in [0.25, 0.3) is 0 Å². The first kappa shape index (κ1) is 17.1. The first-order chi connectivity index (χ1) is 12.6. The Morgan fingerprint density at radius 1 is 1.23 bits per heavy atom. The predicted octanol–water partition coefficient (Wildman–Crippen LogP) is 3.65. The number of fused-ring (bicyclic) bond motifs is 2. The normalized spacial score (nSPS) is 18.1. The van der Waals surface area contributed by atoms with Gasteiger partial charge in [-0.15, -0.1) is 0 Å². The number of benzene rings is 1. The van der Waals surface area contributed by atoms with Gasteiger partial charge in [0.1, 0.15) is 13.2 Å². The lowest BCUT2D eigenvalue weighted by Gasteiger charge is -2.33. The largest absolute Gasteiger partial charge is 0.486 e. The van der Waals surface area contributed by atoms with Crippen LogP contribution in [0.15, 0.2) is 34.9 Å². The van der Waals surface area contributed by atoms with Crippen molar-refractivity contribution in [2.75, 3.05) is 13.2 Å². The van der Waals surface area contributed by atoms with Crippen molar-refractivity contribution in [2.24, 2.45) is 0 Å². The molecule has 1 aliphatic heterocycles. The number of carbonyl (C=O) groups is 1. The number of pyridine rings is 1. The maximum absolute atomic E-state index is 11.9. The number of hydrogen-bond donors (Lipinski definition) is 1. The van der Waals surface area contributed by atoms with Crippen molar-refractivity contribution in [1.29, 1.82) is 0 Å². The van der Waals surface area contributed by atoms with Crippen LogP contribution < -0.4 is 9.47 Å². The molecule has 1 aliphatic carbocycles. The van der Waals surface area contributed by atoms with E-state index in [2.05, 4.69) is 33.0 Å². The van der Waals surface area contributed by atoms with Gasteiger partial charge >= 0.3 is 6.09 Å². The fraction of sp³-hybridized carbons (Fsp3) is 0.368. The standard InChI is InChI=1S/C19H19BrN2O4/c20-14-3-1-13-8-16(4-2-12(13)7-14)22(19(23)24)11-15-9-17-18(10-21-15)26-6-5-25-17/h1,3,7,9-10,16H,2,4-6,8,11H2,(H,23,24). The zero-order valence-electron chi connectivity index (χ0n) is 14.2. The monoisotopic (exact) mass is 418 g/mol. The summed E-state index contributed by atoms with van der Waals surface area (Å²) in [5.74, 6) is 1.24. The zero-order chi connectivity index (χ0) is 18.1. The zero-order valence-corrected chi connectivity index (χ0v) is 15.7. The van der Waals surface area contributed by atoms with Crippen LogP contribution >= 0.6 is 15.9 Å². The second-order valence-corrected chi connectivity index (χ2v) is 7.46. The van der Waals surface area contributed by atoms with Crippen molar-refractivity contribution in [3.8, 4) is 11.5 Å². The van der Waals surface area contributed by atoms with E-state index in [9.17, 15) is 9.90 Å². The smallest absolute Gasteiger partial charge is 0.407 e. The maximum atomic E-state index is 11.9. The Morgan fingerprint density at radius 3 is 2.85 bits per heavy atom. The molecule has 1 amide bonds. The lowest BCUT2D eigenvalue weighted by Crippen LogP contribution is -2.42. The molecule has 1 unspecified atom stereocenters. The molecule has 1 aromatic carbocycles. The SMILES string of the molecule is O=C(O)N(Cc1cc2c(cn1)OCCO2)C1CCc2cc(Br)ccc2C1. The number of aromatic nitrogens is 1. The first-order valence-electron chi connectivity index (χ1n) is 8.61. The Labute approximate surface area is 159 Å². The molecule has 7 heteroatoms. The molecule has 4 rings (SSSR count). The van der Waals surface area contributed by atoms with E-state index in [0.29, 0.717) is 30.4 Å². The van der Waals surface area contributed by atoms with Crippen LogP contribution in [0.5, 0.6) is 11.5 Å². The molecule has 0 bridgehead atoms. The molecular formula is C19H19BrN2O4. The number of aryl methyl sites for hydroxylation is 1. The fourth-order valence-corrected chi connectivity index (χ4v) is 3.98. The third kappa shape index (κ3) is 3.49. The van der Waals surface area contributed by atoms with E-state index in [1.54, 1.807) is 12.3 Å². The highest BCUT2D eigenvalue weighted by molar-refractivity contribution is 9.10. The molecule has 2 heterocycles. The highest BCUT2D eigenvalue weighted by Gasteiger charge is 2.28. The highest BCUT2D eigenvalue weighted by Crippen LogP contribution is 2.31. The summed E-state index contributed by atoms with van der Waals surface area (Å²) >= 11 is 3.50. The molecule has 1 atom stereocenters. The molecule has 0 fully saturated rings. The highest BCUT2D eigenvalue weighted by atomic mass is 79.9. The number of rotatable bonds is 3. The van der Waals surface area contributed by atoms with Gasteiger partial charge in [-0.25, -0.2) is 4.79 Å². The van der Waals surface area contributed by atoms with E-state index in [4.69, 9.17) is 9.47 Å². The quantitative estimate of drug-likeness (QED) is 0.823. The molecule has 26 heavy (non-hydrogen) atoms. The number of hydrogen-bond acceptors (Lipinski definition) is 4. The molecule has 136 valence electrons. The lowest BCUT2D eigenvalue weighted by molar-refractivity contribution is 0.114. The number of nitrogens with zero attached hydrogens (tertiary/aromatic N) is 2. The van der Waals surface area contributed by atoms with E-state index in [1.165, 1.54) is 16.0 Å². The average molecular weight is 419 g/mol. The van der Waals surface area contributed by atoms with Crippen LogP contribution in [-0.4, -0.2) is 40.3 Å². The van der Waals surface area contributed by atoms with Crippen molar-refractivity contribution in [1.82, 2.24) is 9.88 Å². The number of amides is 1. The van der Waals surface area contributed by atoms with Gasteiger partial charge in [0.05, 0.1) is 18.4 Å². The van der Waals surface area contributed by atoms with Crippen molar-refractivity contribution < 1.29 is 19.4 Å². The lowest BCUT2D eigenvalue weighted by atomic mass is 9.87. The van der Waals surface area contributed by atoms with E-state index in [1.807, 2.05) is 6.07 Å². The van der Waals surface area contributed by atoms with Crippen LogP contribution in [0.2, 0.25) is 0 Å². The third-order valence-electron chi connectivity index (χ3n) is 4.88. The molecular weight excluding hydrogens is 400 g/mol. The molecule has 6 nitrogen and oxygen atoms in total. The molecule has 1 N–H and O–H groups in total. The third-order valence-corrected chi connectivity index (χ3v) is 5.37. The van der Waals surface area contributed by atoms with Gasteiger partial charge in [-0.2, -0.15) is 0 Å². The van der Waals surface area contributed by atoms with Crippen LogP contribution in [0.25, 0.3) is 0 Å². The Bertz CT molecular complexity index is 842. The minimum atomic E-state index is -0.924. The summed E-state index contributed by atoms with van der Waals surface area (Å²) in [6.07, 6.45) is 3.09. The van der Waals surface area contributed by atoms with Gasteiger partial charge in [-0.05, 0) is 42.5 Å². The fourth-order valence-electron chi connectivity index (χ4n) is 3.57. The second kappa shape index (κ2) is 7.15. The number of halogens is 1. The summed E-state index contributed by atoms with van der Waals surface area (Å²) in [6, 6.07) is 7.93. The summed E-state index contributed by atoms with van der Waals surface area (Å²) in [5.41, 5.74) is 3.17. The van der Waals surface area contributed by atoms with Crippen LogP contribution in [0.4, 0.5) is 4.79 Å². The van der Waals surface area contributed by atoms with Gasteiger partial charge in [0, 0.05) is 16.6 Å². The van der Waals surface area contributed by atoms with Crippen LogP contribution in [0, 0.1) is 0 Å². The van der Waals surface area contributed by atoms with Gasteiger partial charge in [0.15, 0.2) is 11.5 Å². The van der Waals surface area contributed by atoms with Crippen LogP contribution in [0.1, 0.15) is 23.2 Å². The summed E-state index contributed by atoms with van der Waals surface area (Å²) in [6.45, 7) is 1.24. The minimum absolute atomic E-state index is 0.0591. The van der Waals surface area contributed by atoms with E-state index in [0.717, 1.165) is 23.7 Å². The van der Waals surface area contributed by atoms with E-state index < -0.39 is 6.09 Å². The Hall–Kier alpha value is -2.28. The molecule has 0 spiro atoms. The Kier molecular flexibility index (Phi) is 4.72. The summed E-state index contributed by atoms with van der Waals surface area (Å²) in [4.78, 5) is 17.7. The van der Waals surface area contributed by atoms with Crippen molar-refractivity contribution in [3.63, 3.8) is 0 Å². The van der Waals surface area contributed by atoms with Crippen molar-refractivity contribution in [3.05, 3.63) is 51.8 Å². The van der Waals surface area contributed by atoms with E-state index >= 15 is 0 Å². The maximum Gasteiger partial charge on any atom is 0.407 e. The van der Waals surface area contributed by atoms with Crippen LogP contribution in [0.3, 0.4) is 0 Å². The number of carboxylic acid groups (broad SMARTS) is 1. The average Bonchev–Trinajstić information content (AvgIpc) is 2.65. The molecule has 0 saturated carbocycles. The van der Waals surface area contributed by atoms with Crippen LogP contribution in [-0.2, 0) is 19.4 Å². The van der Waals surface area contributed by atoms with Gasteiger partial charge in [-0.3, -0.25) is 9.88 Å². The molecule has 0 radical (unpaired) electrons. The topological polar surface area (TPSA) is 71.9 Å². The second-order valence-electron chi connectivity index (χ2n) is 6.54. The first-order valence-corrected chi connectivity index (χ1v) is 9.41. The van der Waals surface area contributed by atoms with Gasteiger partial charge in [-0.1, -0.05) is 22.0 Å². The summed E-state index contributed by atoms with van der Waals surface area (Å²) in [5, 5.41) is 9.75. The van der Waals surface area contributed by atoms with Gasteiger partial charge < -0.3 is 14.6 Å². The molecule has 1 aromatic heterocycles. The van der Waals surface area contributed by atoms with Crippen molar-refractivity contribution in [2.45, 2.75) is 31.8 Å². The summed E-state index contributed by atoms with van der Waals surface area (Å²) in [7, 11) is 0. The molecule has 0 saturated heterocycles. The van der Waals surface area contributed by atoms with Crippen molar-refractivity contribution >= 4 is 22.0 Å². The molecule has 2 aliphatic rings. The van der Waals surface area contributed by atoms with E-state index in [-0.39, 0.29) is 12.6 Å².